The number of carbonyl (C=O) groups is 1. The van der Waals surface area contributed by atoms with Crippen molar-refractivity contribution < 1.29 is 9.53 Å². The highest BCUT2D eigenvalue weighted by atomic mass is 16.5. The topological polar surface area (TPSA) is 64.3 Å². The van der Waals surface area contributed by atoms with E-state index in [9.17, 15) is 4.79 Å². The fraction of sp³-hybridized carbons (Fsp3) is 0.562. The molecule has 0 fully saturated rings. The molecular weight excluding hydrogens is 252 g/mol. The average Bonchev–Trinajstić information content (AvgIpc) is 2.46. The Morgan fingerprint density at radius 2 is 2.15 bits per heavy atom. The molecule has 0 heterocycles. The summed E-state index contributed by atoms with van der Waals surface area (Å²) < 4.78 is 5.62. The molecule has 0 radical (unpaired) electrons. The van der Waals surface area contributed by atoms with Crippen molar-refractivity contribution in [1.29, 1.82) is 0 Å². The second-order valence-electron chi connectivity index (χ2n) is 5.13. The molecule has 112 valence electrons. The molecule has 0 bridgehead atoms. The molecule has 0 aliphatic heterocycles. The smallest absolute Gasteiger partial charge is 0.241 e. The van der Waals surface area contributed by atoms with E-state index in [1.165, 1.54) is 0 Å². The van der Waals surface area contributed by atoms with Gasteiger partial charge in [-0.25, -0.2) is 0 Å². The number of hydrogen-bond acceptors (Lipinski definition) is 3. The van der Waals surface area contributed by atoms with E-state index in [-0.39, 0.29) is 11.8 Å². The Labute approximate surface area is 121 Å². The molecule has 0 saturated carbocycles. The van der Waals surface area contributed by atoms with Gasteiger partial charge < -0.3 is 15.8 Å². The monoisotopic (exact) mass is 278 g/mol. The zero-order valence-corrected chi connectivity index (χ0v) is 12.7. The van der Waals surface area contributed by atoms with Crippen molar-refractivity contribution >= 4 is 11.6 Å². The lowest BCUT2D eigenvalue weighted by atomic mass is 9.99. The summed E-state index contributed by atoms with van der Waals surface area (Å²) in [5.41, 5.74) is 6.64. The summed E-state index contributed by atoms with van der Waals surface area (Å²) in [6.07, 6.45) is 3.00. The fourth-order valence-electron chi connectivity index (χ4n) is 1.74. The lowest BCUT2D eigenvalue weighted by Crippen LogP contribution is -2.40. The highest BCUT2D eigenvalue weighted by molar-refractivity contribution is 5.95. The molecule has 0 spiro atoms. The number of hydrogen-bond donors (Lipinski definition) is 2. The molecule has 1 rings (SSSR count). The number of rotatable bonds is 8. The van der Waals surface area contributed by atoms with Crippen molar-refractivity contribution in [3.63, 3.8) is 0 Å². The van der Waals surface area contributed by atoms with E-state index in [0.29, 0.717) is 6.61 Å². The van der Waals surface area contributed by atoms with E-state index >= 15 is 0 Å². The fourth-order valence-corrected chi connectivity index (χ4v) is 1.74. The number of anilines is 1. The minimum atomic E-state index is -0.482. The van der Waals surface area contributed by atoms with Gasteiger partial charge in [-0.05, 0) is 24.5 Å². The summed E-state index contributed by atoms with van der Waals surface area (Å²) in [6.45, 7) is 6.82. The van der Waals surface area contributed by atoms with Gasteiger partial charge in [0.15, 0.2) is 0 Å². The van der Waals surface area contributed by atoms with E-state index in [1.807, 2.05) is 38.1 Å². The van der Waals surface area contributed by atoms with Crippen molar-refractivity contribution in [2.75, 3.05) is 11.9 Å². The van der Waals surface area contributed by atoms with Crippen LogP contribution >= 0.6 is 0 Å². The van der Waals surface area contributed by atoms with Gasteiger partial charge in [0.05, 0.1) is 12.6 Å². The number of amides is 1. The number of carbonyl (C=O) groups excluding carboxylic acids is 1. The van der Waals surface area contributed by atoms with Gasteiger partial charge in [-0.2, -0.15) is 0 Å². The first-order chi connectivity index (χ1) is 9.58. The van der Waals surface area contributed by atoms with Gasteiger partial charge >= 0.3 is 0 Å². The van der Waals surface area contributed by atoms with Crippen LogP contribution in [-0.2, 0) is 4.79 Å². The summed E-state index contributed by atoms with van der Waals surface area (Å²) in [4.78, 5) is 12.0. The number of nitrogens with two attached hydrogens (primary N) is 1. The summed E-state index contributed by atoms with van der Waals surface area (Å²) in [7, 11) is 0. The largest absolute Gasteiger partial charge is 0.494 e. The van der Waals surface area contributed by atoms with E-state index in [4.69, 9.17) is 10.5 Å². The number of unbranched alkanes of at least 4 members (excludes halogenated alkanes) is 1. The van der Waals surface area contributed by atoms with Crippen molar-refractivity contribution in [1.82, 2.24) is 0 Å². The van der Waals surface area contributed by atoms with Crippen molar-refractivity contribution in [3.05, 3.63) is 24.3 Å². The Morgan fingerprint density at radius 3 is 2.80 bits per heavy atom. The van der Waals surface area contributed by atoms with Gasteiger partial charge in [-0.1, -0.05) is 39.7 Å². The zero-order chi connectivity index (χ0) is 15.0. The molecule has 1 aromatic rings. The maximum absolute atomic E-state index is 12.0. The minimum absolute atomic E-state index is 0.148. The SMILES string of the molecule is CCCCOc1cccc(NC(=O)C(N)C(C)CC)c1. The van der Waals surface area contributed by atoms with Crippen LogP contribution < -0.4 is 15.8 Å². The quantitative estimate of drug-likeness (QED) is 0.718. The van der Waals surface area contributed by atoms with E-state index in [2.05, 4.69) is 12.2 Å². The van der Waals surface area contributed by atoms with Crippen LogP contribution in [0.5, 0.6) is 5.75 Å². The molecular formula is C16H26N2O2. The van der Waals surface area contributed by atoms with Crippen molar-refractivity contribution in [2.24, 2.45) is 11.7 Å². The van der Waals surface area contributed by atoms with Gasteiger partial charge in [-0.15, -0.1) is 0 Å². The second kappa shape index (κ2) is 8.59. The first-order valence-electron chi connectivity index (χ1n) is 7.37. The summed E-state index contributed by atoms with van der Waals surface area (Å²) in [6, 6.07) is 6.95. The lowest BCUT2D eigenvalue weighted by molar-refractivity contribution is -0.118. The average molecular weight is 278 g/mol. The highest BCUT2D eigenvalue weighted by Crippen LogP contribution is 2.18. The third kappa shape index (κ3) is 5.21. The summed E-state index contributed by atoms with van der Waals surface area (Å²) in [5, 5.41) is 2.84. The van der Waals surface area contributed by atoms with Crippen LogP contribution in [-0.4, -0.2) is 18.6 Å². The Morgan fingerprint density at radius 1 is 1.40 bits per heavy atom. The predicted octanol–water partition coefficient (Wildman–Crippen LogP) is 3.18. The Balaban J connectivity index is 2.59. The predicted molar refractivity (Wildman–Crippen MR) is 82.9 cm³/mol. The van der Waals surface area contributed by atoms with Crippen LogP contribution in [0.4, 0.5) is 5.69 Å². The van der Waals surface area contributed by atoms with Crippen LogP contribution in [0.25, 0.3) is 0 Å². The number of ether oxygens (including phenoxy) is 1. The van der Waals surface area contributed by atoms with Gasteiger partial charge in [-0.3, -0.25) is 4.79 Å². The normalized spacial score (nSPS) is 13.6. The molecule has 0 aromatic heterocycles. The number of benzene rings is 1. The van der Waals surface area contributed by atoms with E-state index in [0.717, 1.165) is 30.7 Å². The zero-order valence-electron chi connectivity index (χ0n) is 12.7. The standard InChI is InChI=1S/C16H26N2O2/c1-4-6-10-20-14-9-7-8-13(11-14)18-16(19)15(17)12(3)5-2/h7-9,11-12,15H,4-6,10,17H2,1-3H3,(H,18,19). The minimum Gasteiger partial charge on any atom is -0.494 e. The van der Waals surface area contributed by atoms with Crippen LogP contribution in [0.15, 0.2) is 24.3 Å². The van der Waals surface area contributed by atoms with Crippen molar-refractivity contribution in [2.45, 2.75) is 46.1 Å². The third-order valence-corrected chi connectivity index (χ3v) is 3.43. The Hall–Kier alpha value is -1.55. The van der Waals surface area contributed by atoms with Gasteiger partial charge in [0.2, 0.25) is 5.91 Å². The number of nitrogens with one attached hydrogen (secondary N) is 1. The maximum atomic E-state index is 12.0. The second-order valence-corrected chi connectivity index (χ2v) is 5.13. The molecule has 2 unspecified atom stereocenters. The van der Waals surface area contributed by atoms with E-state index in [1.54, 1.807) is 0 Å². The van der Waals surface area contributed by atoms with Gasteiger partial charge in [0.1, 0.15) is 5.75 Å². The molecule has 0 saturated heterocycles. The molecule has 4 heteroatoms. The molecule has 0 aliphatic carbocycles. The van der Waals surface area contributed by atoms with E-state index < -0.39 is 6.04 Å². The van der Waals surface area contributed by atoms with Gasteiger partial charge in [0.25, 0.3) is 0 Å². The summed E-state index contributed by atoms with van der Waals surface area (Å²) in [5.74, 6) is 0.789. The molecule has 0 aliphatic rings. The molecule has 2 atom stereocenters. The van der Waals surface area contributed by atoms with Crippen LogP contribution in [0.1, 0.15) is 40.0 Å². The summed E-state index contributed by atoms with van der Waals surface area (Å²) >= 11 is 0. The Kier molecular flexibility index (Phi) is 7.09. The lowest BCUT2D eigenvalue weighted by Gasteiger charge is -2.18. The molecule has 1 aromatic carbocycles. The molecule has 20 heavy (non-hydrogen) atoms. The first kappa shape index (κ1) is 16.5. The first-order valence-corrected chi connectivity index (χ1v) is 7.37. The molecule has 4 nitrogen and oxygen atoms in total. The van der Waals surface area contributed by atoms with Crippen LogP contribution in [0, 0.1) is 5.92 Å². The third-order valence-electron chi connectivity index (χ3n) is 3.43. The van der Waals surface area contributed by atoms with Crippen LogP contribution in [0.3, 0.4) is 0 Å². The van der Waals surface area contributed by atoms with Crippen molar-refractivity contribution in [3.8, 4) is 5.75 Å². The van der Waals surface area contributed by atoms with Crippen LogP contribution in [0.2, 0.25) is 0 Å². The molecule has 1 amide bonds. The van der Waals surface area contributed by atoms with Gasteiger partial charge in [0, 0.05) is 11.8 Å². The Bertz CT molecular complexity index is 421. The highest BCUT2D eigenvalue weighted by Gasteiger charge is 2.19. The maximum Gasteiger partial charge on any atom is 0.241 e. The molecule has 3 N–H and O–H groups in total.